The molecule has 0 saturated carbocycles. The minimum absolute atomic E-state index is 0.352. The molecule has 144 valence electrons. The SMILES string of the molecule is C[C@@H](Oc1ccc(C#N)cc1)C(=O)OCC(=O)c1ccc2c(c1)OCCCO2. The normalized spacial score (nSPS) is 13.6. The number of rotatable bonds is 6. The van der Waals surface area contributed by atoms with Crippen molar-refractivity contribution in [1.29, 1.82) is 5.26 Å². The number of fused-ring (bicyclic) bond motifs is 1. The van der Waals surface area contributed by atoms with Crippen LogP contribution in [0.2, 0.25) is 0 Å². The zero-order chi connectivity index (χ0) is 19.9. The molecule has 0 spiro atoms. The smallest absolute Gasteiger partial charge is 0.347 e. The summed E-state index contributed by atoms with van der Waals surface area (Å²) in [5.41, 5.74) is 0.862. The van der Waals surface area contributed by atoms with Gasteiger partial charge >= 0.3 is 5.97 Å². The van der Waals surface area contributed by atoms with Crippen LogP contribution in [0.4, 0.5) is 0 Å². The Balaban J connectivity index is 1.54. The lowest BCUT2D eigenvalue weighted by Gasteiger charge is -2.14. The maximum absolute atomic E-state index is 12.3. The summed E-state index contributed by atoms with van der Waals surface area (Å²) < 4.78 is 21.6. The van der Waals surface area contributed by atoms with Gasteiger partial charge in [0.2, 0.25) is 0 Å². The van der Waals surface area contributed by atoms with E-state index >= 15 is 0 Å². The Morgan fingerprint density at radius 2 is 1.82 bits per heavy atom. The molecule has 1 aliphatic heterocycles. The fourth-order valence-corrected chi connectivity index (χ4v) is 2.53. The quantitative estimate of drug-likeness (QED) is 0.561. The lowest BCUT2D eigenvalue weighted by atomic mass is 10.1. The molecule has 2 aromatic rings. The maximum atomic E-state index is 12.3. The van der Waals surface area contributed by atoms with Crippen molar-refractivity contribution in [2.45, 2.75) is 19.4 Å². The number of ketones is 1. The van der Waals surface area contributed by atoms with Gasteiger partial charge in [-0.3, -0.25) is 4.79 Å². The van der Waals surface area contributed by atoms with Gasteiger partial charge in [-0.2, -0.15) is 5.26 Å². The fraction of sp³-hybridized carbons (Fsp3) is 0.286. The van der Waals surface area contributed by atoms with E-state index < -0.39 is 18.7 Å². The van der Waals surface area contributed by atoms with Crippen molar-refractivity contribution in [1.82, 2.24) is 0 Å². The Morgan fingerprint density at radius 1 is 1.11 bits per heavy atom. The number of nitrogens with zero attached hydrogens (tertiary/aromatic N) is 1. The molecule has 1 heterocycles. The second-order valence-electron chi connectivity index (χ2n) is 6.14. The number of ether oxygens (including phenoxy) is 4. The molecule has 3 rings (SSSR count). The second-order valence-corrected chi connectivity index (χ2v) is 6.14. The van der Waals surface area contributed by atoms with Gasteiger partial charge in [0.25, 0.3) is 0 Å². The molecule has 0 radical (unpaired) electrons. The summed E-state index contributed by atoms with van der Waals surface area (Å²) in [6.45, 7) is 2.21. The van der Waals surface area contributed by atoms with Crippen LogP contribution in [0, 0.1) is 11.3 Å². The fourth-order valence-electron chi connectivity index (χ4n) is 2.53. The number of carbonyl (C=O) groups excluding carboxylic acids is 2. The molecular weight excluding hydrogens is 362 g/mol. The number of carbonyl (C=O) groups is 2. The number of esters is 1. The van der Waals surface area contributed by atoms with Crippen LogP contribution in [0.15, 0.2) is 42.5 Å². The average Bonchev–Trinajstić information content (AvgIpc) is 2.97. The molecule has 0 aromatic heterocycles. The van der Waals surface area contributed by atoms with Crippen LogP contribution >= 0.6 is 0 Å². The van der Waals surface area contributed by atoms with Crippen LogP contribution in [0.25, 0.3) is 0 Å². The molecule has 7 nitrogen and oxygen atoms in total. The molecule has 0 aliphatic carbocycles. The molecule has 7 heteroatoms. The lowest BCUT2D eigenvalue weighted by molar-refractivity contribution is -0.149. The van der Waals surface area contributed by atoms with Crippen molar-refractivity contribution in [2.24, 2.45) is 0 Å². The summed E-state index contributed by atoms with van der Waals surface area (Å²) in [6.07, 6.45) is -0.128. The van der Waals surface area contributed by atoms with E-state index in [-0.39, 0.29) is 5.78 Å². The van der Waals surface area contributed by atoms with E-state index in [0.717, 1.165) is 6.42 Å². The first-order chi connectivity index (χ1) is 13.6. The van der Waals surface area contributed by atoms with Crippen molar-refractivity contribution in [2.75, 3.05) is 19.8 Å². The van der Waals surface area contributed by atoms with Gasteiger partial charge < -0.3 is 18.9 Å². The van der Waals surface area contributed by atoms with Gasteiger partial charge in [-0.15, -0.1) is 0 Å². The van der Waals surface area contributed by atoms with Crippen molar-refractivity contribution in [3.8, 4) is 23.3 Å². The molecule has 0 unspecified atom stereocenters. The number of nitriles is 1. The first-order valence-corrected chi connectivity index (χ1v) is 8.83. The third-order valence-electron chi connectivity index (χ3n) is 4.04. The van der Waals surface area contributed by atoms with Crippen LogP contribution in [-0.4, -0.2) is 37.7 Å². The van der Waals surface area contributed by atoms with Gasteiger partial charge in [-0.25, -0.2) is 4.79 Å². The number of benzene rings is 2. The van der Waals surface area contributed by atoms with Crippen molar-refractivity contribution in [3.05, 3.63) is 53.6 Å². The minimum atomic E-state index is -0.899. The standard InChI is InChI=1S/C21H19NO6/c1-14(28-17-6-3-15(12-22)4-7-17)21(24)27-13-18(23)16-5-8-19-20(11-16)26-10-2-9-25-19/h3-8,11,14H,2,9-10,13H2,1H3/t14-/m1/s1. The van der Waals surface area contributed by atoms with E-state index in [1.807, 2.05) is 6.07 Å². The van der Waals surface area contributed by atoms with Gasteiger partial charge in [0.05, 0.1) is 24.8 Å². The highest BCUT2D eigenvalue weighted by molar-refractivity contribution is 5.98. The summed E-state index contributed by atoms with van der Waals surface area (Å²) in [6, 6.07) is 13.2. The third-order valence-corrected chi connectivity index (χ3v) is 4.04. The van der Waals surface area contributed by atoms with Gasteiger partial charge in [0, 0.05) is 12.0 Å². The molecule has 0 amide bonds. The Labute approximate surface area is 162 Å². The van der Waals surface area contributed by atoms with Crippen molar-refractivity contribution < 1.29 is 28.5 Å². The highest BCUT2D eigenvalue weighted by Gasteiger charge is 2.19. The Bertz CT molecular complexity index is 900. The zero-order valence-corrected chi connectivity index (χ0v) is 15.3. The Hall–Kier alpha value is -3.53. The summed E-state index contributed by atoms with van der Waals surface area (Å²) in [5.74, 6) is 0.516. The molecule has 28 heavy (non-hydrogen) atoms. The van der Waals surface area contributed by atoms with Crippen molar-refractivity contribution in [3.63, 3.8) is 0 Å². The monoisotopic (exact) mass is 381 g/mol. The first-order valence-electron chi connectivity index (χ1n) is 8.83. The summed E-state index contributed by atoms with van der Waals surface area (Å²) >= 11 is 0. The Kier molecular flexibility index (Phi) is 6.12. The molecule has 0 N–H and O–H groups in total. The van der Waals surface area contributed by atoms with E-state index in [0.29, 0.717) is 41.6 Å². The Morgan fingerprint density at radius 3 is 2.54 bits per heavy atom. The summed E-state index contributed by atoms with van der Waals surface area (Å²) in [4.78, 5) is 24.4. The third kappa shape index (κ3) is 4.80. The minimum Gasteiger partial charge on any atom is -0.490 e. The van der Waals surface area contributed by atoms with Crippen LogP contribution in [0.3, 0.4) is 0 Å². The first kappa shape index (κ1) is 19.2. The van der Waals surface area contributed by atoms with Gasteiger partial charge in [0.15, 0.2) is 30.0 Å². The van der Waals surface area contributed by atoms with Crippen LogP contribution < -0.4 is 14.2 Å². The van der Waals surface area contributed by atoms with E-state index in [9.17, 15) is 9.59 Å². The van der Waals surface area contributed by atoms with Crippen LogP contribution in [-0.2, 0) is 9.53 Å². The molecule has 2 aromatic carbocycles. The molecule has 0 bridgehead atoms. The van der Waals surface area contributed by atoms with E-state index in [1.165, 1.54) is 6.92 Å². The van der Waals surface area contributed by atoms with E-state index in [4.69, 9.17) is 24.2 Å². The zero-order valence-electron chi connectivity index (χ0n) is 15.3. The summed E-state index contributed by atoms with van der Waals surface area (Å²) in [5, 5.41) is 8.78. The number of hydrogen-bond donors (Lipinski definition) is 0. The van der Waals surface area contributed by atoms with E-state index in [1.54, 1.807) is 42.5 Å². The molecular formula is C21H19NO6. The average molecular weight is 381 g/mol. The predicted molar refractivity (Wildman–Crippen MR) is 98.6 cm³/mol. The molecule has 0 fully saturated rings. The van der Waals surface area contributed by atoms with Gasteiger partial charge in [-0.1, -0.05) is 0 Å². The second kappa shape index (κ2) is 8.91. The maximum Gasteiger partial charge on any atom is 0.347 e. The highest BCUT2D eigenvalue weighted by Crippen LogP contribution is 2.30. The van der Waals surface area contributed by atoms with Crippen molar-refractivity contribution >= 4 is 11.8 Å². The lowest BCUT2D eigenvalue weighted by Crippen LogP contribution is -2.28. The largest absolute Gasteiger partial charge is 0.490 e. The molecule has 0 saturated heterocycles. The highest BCUT2D eigenvalue weighted by atomic mass is 16.6. The predicted octanol–water partition coefficient (Wildman–Crippen LogP) is 2.91. The molecule has 1 atom stereocenters. The van der Waals surface area contributed by atoms with Crippen LogP contribution in [0.5, 0.6) is 17.2 Å². The van der Waals surface area contributed by atoms with E-state index in [2.05, 4.69) is 0 Å². The molecule has 1 aliphatic rings. The van der Waals surface area contributed by atoms with Gasteiger partial charge in [0.1, 0.15) is 5.75 Å². The number of Topliss-reactive ketones (excluding diaryl/α,β-unsaturated/α-hetero) is 1. The van der Waals surface area contributed by atoms with Gasteiger partial charge in [-0.05, 0) is 49.4 Å². The summed E-state index contributed by atoms with van der Waals surface area (Å²) in [7, 11) is 0. The number of hydrogen-bond acceptors (Lipinski definition) is 7. The topological polar surface area (TPSA) is 94.8 Å². The van der Waals surface area contributed by atoms with Crippen LogP contribution in [0.1, 0.15) is 29.3 Å².